The van der Waals surface area contributed by atoms with Crippen LogP contribution in [0.1, 0.15) is 55.1 Å². The van der Waals surface area contributed by atoms with Gasteiger partial charge in [-0.25, -0.2) is 9.97 Å². The van der Waals surface area contributed by atoms with E-state index in [1.54, 1.807) is 0 Å². The normalized spacial score (nSPS) is 22.3. The maximum Gasteiger partial charge on any atom is 0.233 e. The van der Waals surface area contributed by atoms with Crippen LogP contribution in [0, 0.1) is 6.92 Å². The molecule has 2 aliphatic rings. The molecule has 2 aromatic rings. The van der Waals surface area contributed by atoms with E-state index in [1.807, 2.05) is 25.3 Å². The summed E-state index contributed by atoms with van der Waals surface area (Å²) < 4.78 is 0. The van der Waals surface area contributed by atoms with Crippen LogP contribution in [0.5, 0.6) is 0 Å². The van der Waals surface area contributed by atoms with Crippen LogP contribution in [0.2, 0.25) is 0 Å². The fraction of sp³-hybridized carbons (Fsp3) is 0.476. The van der Waals surface area contributed by atoms with Crippen LogP contribution in [-0.4, -0.2) is 33.9 Å². The van der Waals surface area contributed by atoms with E-state index in [0.717, 1.165) is 56.7 Å². The van der Waals surface area contributed by atoms with Gasteiger partial charge in [0.25, 0.3) is 0 Å². The number of benzene rings is 1. The molecule has 1 saturated carbocycles. The van der Waals surface area contributed by atoms with Gasteiger partial charge in [0.1, 0.15) is 5.82 Å². The number of hydrogen-bond donors (Lipinski definition) is 0. The molecule has 25 heavy (non-hydrogen) atoms. The quantitative estimate of drug-likeness (QED) is 0.861. The van der Waals surface area contributed by atoms with Gasteiger partial charge in [-0.15, -0.1) is 0 Å². The summed E-state index contributed by atoms with van der Waals surface area (Å²) in [6.45, 7) is 3.55. The smallest absolute Gasteiger partial charge is 0.233 e. The van der Waals surface area contributed by atoms with E-state index in [2.05, 4.69) is 39.1 Å². The summed E-state index contributed by atoms with van der Waals surface area (Å²) in [6, 6.07) is 12.3. The Morgan fingerprint density at radius 2 is 1.92 bits per heavy atom. The molecule has 0 radical (unpaired) electrons. The van der Waals surface area contributed by atoms with Crippen LogP contribution in [0.15, 0.2) is 42.6 Å². The monoisotopic (exact) mass is 335 g/mol. The van der Waals surface area contributed by atoms with E-state index in [1.165, 1.54) is 5.56 Å². The lowest BCUT2D eigenvalue weighted by Gasteiger charge is -2.33. The van der Waals surface area contributed by atoms with Gasteiger partial charge < -0.3 is 4.90 Å². The Hall–Kier alpha value is -2.23. The third-order valence-electron chi connectivity index (χ3n) is 5.85. The van der Waals surface area contributed by atoms with Crippen LogP contribution < -0.4 is 0 Å². The van der Waals surface area contributed by atoms with Crippen molar-refractivity contribution in [2.45, 2.75) is 50.4 Å². The average Bonchev–Trinajstić information content (AvgIpc) is 3.32. The molecule has 4 nitrogen and oxygen atoms in total. The minimum atomic E-state index is -0.316. The number of amides is 1. The second-order valence-corrected chi connectivity index (χ2v) is 7.45. The van der Waals surface area contributed by atoms with Crippen LogP contribution in [0.4, 0.5) is 0 Å². The van der Waals surface area contributed by atoms with Crippen molar-refractivity contribution in [3.05, 3.63) is 59.7 Å². The molecule has 2 heterocycles. The standard InChI is InChI=1S/C21H25N3O/c1-16-9-13-22-19(23-16)17-10-14-24(15-17)20(25)21(11-5-6-12-21)18-7-3-2-4-8-18/h2-4,7-9,13,17H,5-6,10-12,14-15H2,1H3. The third-order valence-corrected chi connectivity index (χ3v) is 5.85. The maximum atomic E-state index is 13.5. The summed E-state index contributed by atoms with van der Waals surface area (Å²) >= 11 is 0. The largest absolute Gasteiger partial charge is 0.341 e. The van der Waals surface area contributed by atoms with Gasteiger partial charge in [0, 0.05) is 30.9 Å². The SMILES string of the molecule is Cc1ccnc(C2CCN(C(=O)C3(c4ccccc4)CCCC3)C2)n1. The van der Waals surface area contributed by atoms with E-state index in [-0.39, 0.29) is 11.3 Å². The summed E-state index contributed by atoms with van der Waals surface area (Å²) in [5.41, 5.74) is 1.86. The molecule has 4 heteroatoms. The Bertz CT molecular complexity index is 753. The number of nitrogens with zero attached hydrogens (tertiary/aromatic N) is 3. The van der Waals surface area contributed by atoms with Crippen molar-refractivity contribution in [1.29, 1.82) is 0 Å². The zero-order valence-corrected chi connectivity index (χ0v) is 14.8. The molecule has 0 bridgehead atoms. The van der Waals surface area contributed by atoms with Gasteiger partial charge in [0.05, 0.1) is 5.41 Å². The Kier molecular flexibility index (Phi) is 4.28. The first-order valence-electron chi connectivity index (χ1n) is 9.33. The molecule has 0 spiro atoms. The van der Waals surface area contributed by atoms with Gasteiger partial charge in [-0.1, -0.05) is 43.2 Å². The molecule has 4 rings (SSSR count). The number of rotatable bonds is 3. The minimum absolute atomic E-state index is 0.262. The van der Waals surface area contributed by atoms with Crippen molar-refractivity contribution in [2.75, 3.05) is 13.1 Å². The number of aryl methyl sites for hydroxylation is 1. The molecule has 0 N–H and O–H groups in total. The summed E-state index contributed by atoms with van der Waals surface area (Å²) in [4.78, 5) is 24.6. The summed E-state index contributed by atoms with van der Waals surface area (Å²) in [6.07, 6.45) is 7.00. The molecule has 1 saturated heterocycles. The summed E-state index contributed by atoms with van der Waals surface area (Å²) in [5.74, 6) is 1.46. The molecule has 2 fully saturated rings. The lowest BCUT2D eigenvalue weighted by atomic mass is 9.77. The highest BCUT2D eigenvalue weighted by Gasteiger charge is 2.46. The second kappa shape index (κ2) is 6.58. The Morgan fingerprint density at radius 1 is 1.16 bits per heavy atom. The number of likely N-dealkylation sites (tertiary alicyclic amines) is 1. The van der Waals surface area contributed by atoms with Crippen molar-refractivity contribution in [3.8, 4) is 0 Å². The Balaban J connectivity index is 1.56. The number of carbonyl (C=O) groups excluding carboxylic acids is 1. The van der Waals surface area contributed by atoms with Gasteiger partial charge in [-0.2, -0.15) is 0 Å². The molecular formula is C21H25N3O. The topological polar surface area (TPSA) is 46.1 Å². The molecule has 1 atom stereocenters. The number of carbonyl (C=O) groups is 1. The van der Waals surface area contributed by atoms with Crippen LogP contribution in [-0.2, 0) is 10.2 Å². The van der Waals surface area contributed by atoms with Crippen LogP contribution in [0.25, 0.3) is 0 Å². The molecular weight excluding hydrogens is 310 g/mol. The van der Waals surface area contributed by atoms with Gasteiger partial charge in [-0.05, 0) is 37.8 Å². The molecule has 1 aromatic heterocycles. The fourth-order valence-electron chi connectivity index (χ4n) is 4.48. The van der Waals surface area contributed by atoms with Gasteiger partial charge in [0.2, 0.25) is 5.91 Å². The fourth-order valence-corrected chi connectivity index (χ4v) is 4.48. The Labute approximate surface area is 149 Å². The molecule has 1 unspecified atom stereocenters. The second-order valence-electron chi connectivity index (χ2n) is 7.45. The summed E-state index contributed by atoms with van der Waals surface area (Å²) in [5, 5.41) is 0. The highest BCUT2D eigenvalue weighted by molar-refractivity contribution is 5.89. The minimum Gasteiger partial charge on any atom is -0.341 e. The van der Waals surface area contributed by atoms with E-state index in [4.69, 9.17) is 0 Å². The van der Waals surface area contributed by atoms with Crippen molar-refractivity contribution in [3.63, 3.8) is 0 Å². The van der Waals surface area contributed by atoms with Gasteiger partial charge in [0.15, 0.2) is 0 Å². The predicted octanol–water partition coefficient (Wildman–Crippen LogP) is 3.61. The number of aromatic nitrogens is 2. The molecule has 1 aliphatic heterocycles. The highest BCUT2D eigenvalue weighted by Crippen LogP contribution is 2.43. The van der Waals surface area contributed by atoms with E-state index < -0.39 is 0 Å². The zero-order valence-electron chi connectivity index (χ0n) is 14.8. The van der Waals surface area contributed by atoms with Crippen LogP contribution >= 0.6 is 0 Å². The first kappa shape index (κ1) is 16.2. The van der Waals surface area contributed by atoms with Gasteiger partial charge in [-0.3, -0.25) is 4.79 Å². The van der Waals surface area contributed by atoms with Crippen LogP contribution in [0.3, 0.4) is 0 Å². The van der Waals surface area contributed by atoms with Gasteiger partial charge >= 0.3 is 0 Å². The lowest BCUT2D eigenvalue weighted by molar-refractivity contribution is -0.136. The zero-order chi connectivity index (χ0) is 17.3. The van der Waals surface area contributed by atoms with Crippen molar-refractivity contribution in [2.24, 2.45) is 0 Å². The number of hydrogen-bond acceptors (Lipinski definition) is 3. The summed E-state index contributed by atoms with van der Waals surface area (Å²) in [7, 11) is 0. The maximum absolute atomic E-state index is 13.5. The average molecular weight is 335 g/mol. The lowest BCUT2D eigenvalue weighted by Crippen LogP contribution is -2.44. The molecule has 130 valence electrons. The molecule has 1 aromatic carbocycles. The highest BCUT2D eigenvalue weighted by atomic mass is 16.2. The van der Waals surface area contributed by atoms with E-state index >= 15 is 0 Å². The van der Waals surface area contributed by atoms with Crippen molar-refractivity contribution < 1.29 is 4.79 Å². The van der Waals surface area contributed by atoms with Crippen molar-refractivity contribution >= 4 is 5.91 Å². The van der Waals surface area contributed by atoms with E-state index in [0.29, 0.717) is 5.91 Å². The first-order valence-corrected chi connectivity index (χ1v) is 9.33. The third kappa shape index (κ3) is 2.94. The molecule has 1 amide bonds. The Morgan fingerprint density at radius 3 is 2.64 bits per heavy atom. The molecule has 1 aliphatic carbocycles. The first-order chi connectivity index (χ1) is 12.2. The van der Waals surface area contributed by atoms with Crippen molar-refractivity contribution in [1.82, 2.24) is 14.9 Å². The van der Waals surface area contributed by atoms with E-state index in [9.17, 15) is 4.79 Å². The predicted molar refractivity (Wildman–Crippen MR) is 97.3 cm³/mol.